The van der Waals surface area contributed by atoms with Gasteiger partial charge in [-0.15, -0.1) is 0 Å². The number of anilines is 2. The van der Waals surface area contributed by atoms with Crippen LogP contribution in [0.4, 0.5) is 11.4 Å². The highest BCUT2D eigenvalue weighted by atomic mass is 32.1. The second kappa shape index (κ2) is 10.2. The van der Waals surface area contributed by atoms with Crippen LogP contribution in [0.25, 0.3) is 5.69 Å². The molecule has 3 N–H and O–H groups in total. The number of aromatic nitrogens is 2. The average Bonchev–Trinajstić information content (AvgIpc) is 3.39. The smallest absolute Gasteiger partial charge is 0.221 e. The Hall–Kier alpha value is -4.37. The first-order valence-corrected chi connectivity index (χ1v) is 12.6. The van der Waals surface area contributed by atoms with Crippen molar-refractivity contribution >= 4 is 34.6 Å². The number of aryl methyl sites for hydroxylation is 1. The van der Waals surface area contributed by atoms with E-state index in [9.17, 15) is 9.90 Å². The summed E-state index contributed by atoms with van der Waals surface area (Å²) in [4.78, 5) is 18.6. The molecule has 0 radical (unpaired) electrons. The topological polar surface area (TPSA) is 91.7 Å². The van der Waals surface area contributed by atoms with Crippen molar-refractivity contribution in [2.45, 2.75) is 32.9 Å². The van der Waals surface area contributed by atoms with Crippen LogP contribution in [0.5, 0.6) is 11.5 Å². The fraction of sp³-hybridized carbons (Fsp3) is 0.207. The van der Waals surface area contributed by atoms with E-state index in [0.29, 0.717) is 16.5 Å². The lowest BCUT2D eigenvalue weighted by Crippen LogP contribution is -2.29. The van der Waals surface area contributed by atoms with Gasteiger partial charge in [-0.05, 0) is 92.3 Å². The van der Waals surface area contributed by atoms with Crippen molar-refractivity contribution < 1.29 is 14.6 Å². The van der Waals surface area contributed by atoms with E-state index >= 15 is 0 Å². The lowest BCUT2D eigenvalue weighted by molar-refractivity contribution is -0.114. The number of carbonyl (C=O) groups is 1. The molecule has 1 saturated heterocycles. The number of methoxy groups -OCH3 is 1. The van der Waals surface area contributed by atoms with E-state index in [4.69, 9.17) is 17.0 Å². The summed E-state index contributed by atoms with van der Waals surface area (Å²) in [6.45, 7) is 5.61. The van der Waals surface area contributed by atoms with Crippen LogP contribution in [0.15, 0.2) is 72.9 Å². The molecule has 1 aliphatic heterocycles. The third-order valence-corrected chi connectivity index (χ3v) is 7.08. The van der Waals surface area contributed by atoms with Crippen molar-refractivity contribution in [2.75, 3.05) is 17.3 Å². The minimum absolute atomic E-state index is 0.192. The van der Waals surface area contributed by atoms with Crippen LogP contribution in [0.3, 0.4) is 0 Å². The SMILES string of the molecule is COc1ccc(N2C(=S)N[C@H](c3ccccn3)[C@H]2c2cc(C)n(-c3ccc(O)cc3)c2C)cc1NC(C)=O. The Balaban J connectivity index is 1.67. The summed E-state index contributed by atoms with van der Waals surface area (Å²) in [5, 5.41) is 16.7. The summed E-state index contributed by atoms with van der Waals surface area (Å²) in [6.07, 6.45) is 1.78. The van der Waals surface area contributed by atoms with Gasteiger partial charge >= 0.3 is 0 Å². The Morgan fingerprint density at radius 1 is 1.08 bits per heavy atom. The monoisotopic (exact) mass is 527 g/mol. The molecule has 0 aliphatic carbocycles. The standard InChI is InChI=1S/C29H29N5O3S/c1-17-15-23(18(2)33(17)20-8-11-22(36)12-9-20)28-27(24-7-5-6-14-30-24)32-29(38)34(28)21-10-13-26(37-4)25(16-21)31-19(3)35/h5-16,27-28,36H,1-4H3,(H,31,35)(H,32,38)/t27-,28-/m1/s1. The van der Waals surface area contributed by atoms with Crippen LogP contribution in [0, 0.1) is 13.8 Å². The summed E-state index contributed by atoms with van der Waals surface area (Å²) < 4.78 is 7.64. The number of amides is 1. The lowest BCUT2D eigenvalue weighted by atomic mass is 9.96. The molecule has 3 heterocycles. The van der Waals surface area contributed by atoms with Gasteiger partial charge in [0.2, 0.25) is 5.91 Å². The van der Waals surface area contributed by atoms with E-state index in [0.717, 1.165) is 34.0 Å². The number of nitrogens with zero attached hydrogens (tertiary/aromatic N) is 3. The first kappa shape index (κ1) is 25.3. The number of aromatic hydroxyl groups is 1. The average molecular weight is 528 g/mol. The van der Waals surface area contributed by atoms with Crippen LogP contribution in [0.1, 0.15) is 41.7 Å². The molecule has 8 nitrogen and oxygen atoms in total. The highest BCUT2D eigenvalue weighted by Gasteiger charge is 2.42. The van der Waals surface area contributed by atoms with E-state index in [-0.39, 0.29) is 23.7 Å². The third-order valence-electron chi connectivity index (χ3n) is 6.77. The number of phenolic OH excluding ortho intramolecular Hbond substituents is 1. The van der Waals surface area contributed by atoms with Crippen molar-refractivity contribution in [3.63, 3.8) is 0 Å². The maximum atomic E-state index is 11.9. The molecule has 2 aromatic carbocycles. The minimum atomic E-state index is -0.229. The lowest BCUT2D eigenvalue weighted by Gasteiger charge is -2.29. The van der Waals surface area contributed by atoms with Crippen LogP contribution < -0.4 is 20.3 Å². The number of phenols is 1. The number of hydrogen-bond acceptors (Lipinski definition) is 5. The summed E-state index contributed by atoms with van der Waals surface area (Å²) in [5.41, 5.74) is 6.37. The zero-order valence-electron chi connectivity index (χ0n) is 21.6. The summed E-state index contributed by atoms with van der Waals surface area (Å²) in [5.74, 6) is 0.589. The minimum Gasteiger partial charge on any atom is -0.508 e. The predicted molar refractivity (Wildman–Crippen MR) is 152 cm³/mol. The number of rotatable bonds is 6. The van der Waals surface area contributed by atoms with Gasteiger partial charge in [-0.25, -0.2) is 0 Å². The molecule has 9 heteroatoms. The molecule has 1 amide bonds. The van der Waals surface area contributed by atoms with E-state index in [1.54, 1.807) is 25.4 Å². The van der Waals surface area contributed by atoms with Crippen LogP contribution in [-0.4, -0.2) is 32.8 Å². The number of thiocarbonyl (C=S) groups is 1. The highest BCUT2D eigenvalue weighted by Crippen LogP contribution is 2.45. The maximum Gasteiger partial charge on any atom is 0.221 e. The van der Waals surface area contributed by atoms with Gasteiger partial charge in [-0.2, -0.15) is 0 Å². The van der Waals surface area contributed by atoms with Crippen molar-refractivity contribution in [3.05, 3.63) is 95.6 Å². The molecule has 0 unspecified atom stereocenters. The Morgan fingerprint density at radius 2 is 1.82 bits per heavy atom. The van der Waals surface area contributed by atoms with Gasteiger partial charge < -0.3 is 29.9 Å². The molecular formula is C29H29N5O3S. The predicted octanol–water partition coefficient (Wildman–Crippen LogP) is 5.34. The molecule has 38 heavy (non-hydrogen) atoms. The molecule has 2 atom stereocenters. The number of carbonyl (C=O) groups excluding carboxylic acids is 1. The first-order valence-electron chi connectivity index (χ1n) is 12.2. The van der Waals surface area contributed by atoms with E-state index in [1.807, 2.05) is 48.5 Å². The van der Waals surface area contributed by atoms with Crippen molar-refractivity contribution in [1.29, 1.82) is 0 Å². The quantitative estimate of drug-likeness (QED) is 0.292. The highest BCUT2D eigenvalue weighted by molar-refractivity contribution is 7.80. The van der Waals surface area contributed by atoms with Gasteiger partial charge in [0.15, 0.2) is 5.11 Å². The Kier molecular flexibility index (Phi) is 6.77. The number of hydrogen-bond donors (Lipinski definition) is 3. The molecule has 1 aliphatic rings. The normalized spacial score (nSPS) is 16.8. The zero-order chi connectivity index (χ0) is 27.0. The molecule has 0 bridgehead atoms. The van der Waals surface area contributed by atoms with E-state index < -0.39 is 0 Å². The first-order chi connectivity index (χ1) is 18.3. The molecule has 5 rings (SSSR count). The van der Waals surface area contributed by atoms with Gasteiger partial charge in [0.05, 0.1) is 30.6 Å². The number of pyridine rings is 1. The molecule has 194 valence electrons. The zero-order valence-corrected chi connectivity index (χ0v) is 22.4. The van der Waals surface area contributed by atoms with Gasteiger partial charge in [0.25, 0.3) is 0 Å². The number of ether oxygens (including phenoxy) is 1. The third kappa shape index (κ3) is 4.56. The van der Waals surface area contributed by atoms with Crippen LogP contribution >= 0.6 is 12.2 Å². The summed E-state index contributed by atoms with van der Waals surface area (Å²) >= 11 is 5.89. The van der Waals surface area contributed by atoms with Crippen molar-refractivity contribution in [1.82, 2.24) is 14.9 Å². The second-order valence-electron chi connectivity index (χ2n) is 9.24. The van der Waals surface area contributed by atoms with Crippen LogP contribution in [0.2, 0.25) is 0 Å². The van der Waals surface area contributed by atoms with Crippen molar-refractivity contribution in [3.8, 4) is 17.2 Å². The molecule has 4 aromatic rings. The fourth-order valence-corrected chi connectivity index (χ4v) is 5.51. The fourth-order valence-electron chi connectivity index (χ4n) is 5.17. The van der Waals surface area contributed by atoms with Gasteiger partial charge in [-0.1, -0.05) is 6.07 Å². The Labute approximate surface area is 226 Å². The summed E-state index contributed by atoms with van der Waals surface area (Å²) in [6, 6.07) is 20.4. The van der Waals surface area contributed by atoms with Gasteiger partial charge in [-0.3, -0.25) is 9.78 Å². The largest absolute Gasteiger partial charge is 0.508 e. The molecule has 1 fully saturated rings. The molecular weight excluding hydrogens is 498 g/mol. The van der Waals surface area contributed by atoms with Gasteiger partial charge in [0, 0.05) is 35.9 Å². The Morgan fingerprint density at radius 3 is 2.47 bits per heavy atom. The number of benzene rings is 2. The second-order valence-corrected chi connectivity index (χ2v) is 9.63. The van der Waals surface area contributed by atoms with E-state index in [2.05, 4.69) is 45.0 Å². The molecule has 0 spiro atoms. The molecule has 0 saturated carbocycles. The molecule has 2 aromatic heterocycles. The summed E-state index contributed by atoms with van der Waals surface area (Å²) in [7, 11) is 1.57. The van der Waals surface area contributed by atoms with Crippen molar-refractivity contribution in [2.24, 2.45) is 0 Å². The van der Waals surface area contributed by atoms with Gasteiger partial charge in [0.1, 0.15) is 11.5 Å². The number of nitrogens with one attached hydrogen (secondary N) is 2. The van der Waals surface area contributed by atoms with E-state index in [1.165, 1.54) is 6.92 Å². The Bertz CT molecular complexity index is 1500. The maximum absolute atomic E-state index is 11.9. The van der Waals surface area contributed by atoms with Crippen LogP contribution in [-0.2, 0) is 4.79 Å².